The smallest absolute Gasteiger partial charge is 0.328 e. The molecule has 3 N–H and O–H groups in total. The molecule has 1 saturated heterocycles. The standard InChI is InChI=1S/C15H14N2O5S2/c1-17-13(20)11(24-15(17)23)6-8-2-4-9(5-3-8)12(19)16-10(7-18)14(21)22/h2-6,10,18H,7H2,1H3,(H,16,19)(H,21,22)/b11-6-. The van der Waals surface area contributed by atoms with Crippen molar-refractivity contribution in [1.29, 1.82) is 0 Å². The molecule has 1 fully saturated rings. The minimum Gasteiger partial charge on any atom is -0.480 e. The van der Waals surface area contributed by atoms with Crippen molar-refractivity contribution in [3.63, 3.8) is 0 Å². The Morgan fingerprint density at radius 1 is 1.38 bits per heavy atom. The number of carbonyl (C=O) groups excluding carboxylic acids is 2. The number of carboxylic acid groups (broad SMARTS) is 1. The molecule has 1 heterocycles. The van der Waals surface area contributed by atoms with Crippen molar-refractivity contribution in [2.45, 2.75) is 6.04 Å². The highest BCUT2D eigenvalue weighted by Gasteiger charge is 2.28. The maximum absolute atomic E-state index is 11.9. The van der Waals surface area contributed by atoms with Crippen LogP contribution >= 0.6 is 24.0 Å². The minimum absolute atomic E-state index is 0.181. The summed E-state index contributed by atoms with van der Waals surface area (Å²) in [5.74, 6) is -2.11. The van der Waals surface area contributed by atoms with Crippen molar-refractivity contribution in [3.8, 4) is 0 Å². The van der Waals surface area contributed by atoms with Crippen LogP contribution in [0.15, 0.2) is 29.2 Å². The number of hydrogen-bond acceptors (Lipinski definition) is 6. The Labute approximate surface area is 147 Å². The number of aliphatic hydroxyl groups excluding tert-OH is 1. The number of nitrogens with one attached hydrogen (secondary N) is 1. The van der Waals surface area contributed by atoms with E-state index in [4.69, 9.17) is 22.4 Å². The molecule has 1 aromatic carbocycles. The van der Waals surface area contributed by atoms with Crippen molar-refractivity contribution < 1.29 is 24.6 Å². The molecular formula is C15H14N2O5S2. The Bertz CT molecular complexity index is 730. The van der Waals surface area contributed by atoms with E-state index in [1.807, 2.05) is 0 Å². The largest absolute Gasteiger partial charge is 0.480 e. The van der Waals surface area contributed by atoms with Gasteiger partial charge >= 0.3 is 5.97 Å². The van der Waals surface area contributed by atoms with Crippen LogP contribution in [0.3, 0.4) is 0 Å². The Morgan fingerprint density at radius 3 is 2.46 bits per heavy atom. The molecule has 0 aromatic heterocycles. The zero-order valence-corrected chi connectivity index (χ0v) is 14.2. The third kappa shape index (κ3) is 3.99. The monoisotopic (exact) mass is 366 g/mol. The normalized spacial score (nSPS) is 17.2. The van der Waals surface area contributed by atoms with Gasteiger partial charge in [0, 0.05) is 12.6 Å². The van der Waals surface area contributed by atoms with Crippen molar-refractivity contribution in [3.05, 3.63) is 40.3 Å². The number of likely N-dealkylation sites (N-methyl/N-ethyl adjacent to an activating group) is 1. The van der Waals surface area contributed by atoms with Crippen LogP contribution in [0, 0.1) is 0 Å². The first-order chi connectivity index (χ1) is 11.3. The van der Waals surface area contributed by atoms with E-state index in [1.165, 1.54) is 28.8 Å². The molecule has 0 bridgehead atoms. The molecule has 9 heteroatoms. The topological polar surface area (TPSA) is 107 Å². The van der Waals surface area contributed by atoms with Crippen LogP contribution in [0.5, 0.6) is 0 Å². The van der Waals surface area contributed by atoms with Crippen LogP contribution in [-0.4, -0.2) is 56.9 Å². The number of hydrogen-bond donors (Lipinski definition) is 3. The summed E-state index contributed by atoms with van der Waals surface area (Å²) in [5.41, 5.74) is 0.951. The first-order valence-electron chi connectivity index (χ1n) is 6.79. The fourth-order valence-corrected chi connectivity index (χ4v) is 3.03. The molecule has 1 aliphatic heterocycles. The third-order valence-corrected chi connectivity index (χ3v) is 4.73. The molecule has 1 atom stereocenters. The molecule has 24 heavy (non-hydrogen) atoms. The summed E-state index contributed by atoms with van der Waals surface area (Å²) in [7, 11) is 1.60. The van der Waals surface area contributed by atoms with Gasteiger partial charge in [-0.1, -0.05) is 36.1 Å². The number of nitrogens with zero attached hydrogens (tertiary/aromatic N) is 1. The average Bonchev–Trinajstić information content (AvgIpc) is 2.79. The van der Waals surface area contributed by atoms with Gasteiger partial charge in [-0.3, -0.25) is 14.5 Å². The molecule has 7 nitrogen and oxygen atoms in total. The highest BCUT2D eigenvalue weighted by Crippen LogP contribution is 2.31. The summed E-state index contributed by atoms with van der Waals surface area (Å²) in [6.07, 6.45) is 1.66. The SMILES string of the molecule is CN1C(=O)/C(=C/c2ccc(C(=O)NC(CO)C(=O)O)cc2)SC1=S. The molecule has 0 radical (unpaired) electrons. The van der Waals surface area contributed by atoms with E-state index in [1.54, 1.807) is 25.3 Å². The molecule has 2 rings (SSSR count). The van der Waals surface area contributed by atoms with Crippen molar-refractivity contribution in [1.82, 2.24) is 10.2 Å². The second-order valence-electron chi connectivity index (χ2n) is 4.91. The molecule has 2 amide bonds. The van der Waals surface area contributed by atoms with Crippen LogP contribution < -0.4 is 5.32 Å². The summed E-state index contributed by atoms with van der Waals surface area (Å²) in [6.45, 7) is -0.696. The number of amides is 2. The number of aliphatic hydroxyl groups is 1. The summed E-state index contributed by atoms with van der Waals surface area (Å²) >= 11 is 6.24. The number of aliphatic carboxylic acids is 1. The van der Waals surface area contributed by atoms with Crippen molar-refractivity contribution >= 4 is 52.2 Å². The predicted molar refractivity (Wildman–Crippen MR) is 93.4 cm³/mol. The van der Waals surface area contributed by atoms with Crippen LogP contribution in [0.4, 0.5) is 0 Å². The lowest BCUT2D eigenvalue weighted by atomic mass is 10.1. The van der Waals surface area contributed by atoms with E-state index >= 15 is 0 Å². The van der Waals surface area contributed by atoms with Crippen molar-refractivity contribution in [2.75, 3.05) is 13.7 Å². The maximum atomic E-state index is 11.9. The van der Waals surface area contributed by atoms with Crippen LogP contribution in [0.25, 0.3) is 6.08 Å². The van der Waals surface area contributed by atoms with Gasteiger partial charge in [0.1, 0.15) is 4.32 Å². The Kier molecular flexibility index (Phi) is 5.71. The molecule has 1 aromatic rings. The number of thioether (sulfide) groups is 1. The third-order valence-electron chi connectivity index (χ3n) is 3.24. The van der Waals surface area contributed by atoms with Crippen LogP contribution in [0.2, 0.25) is 0 Å². The molecule has 0 saturated carbocycles. The van der Waals surface area contributed by atoms with E-state index in [9.17, 15) is 14.4 Å². The summed E-state index contributed by atoms with van der Waals surface area (Å²) in [5, 5.41) is 19.9. The van der Waals surface area contributed by atoms with E-state index in [0.717, 1.165) is 0 Å². The highest BCUT2D eigenvalue weighted by molar-refractivity contribution is 8.26. The van der Waals surface area contributed by atoms with Crippen LogP contribution in [0.1, 0.15) is 15.9 Å². The number of carbonyl (C=O) groups is 3. The predicted octanol–water partition coefficient (Wildman–Crippen LogP) is 0.693. The second-order valence-corrected chi connectivity index (χ2v) is 6.59. The first kappa shape index (κ1) is 18.1. The average molecular weight is 366 g/mol. The van der Waals surface area contributed by atoms with E-state index < -0.39 is 24.5 Å². The van der Waals surface area contributed by atoms with E-state index in [2.05, 4.69) is 5.32 Å². The van der Waals surface area contributed by atoms with E-state index in [-0.39, 0.29) is 11.5 Å². The van der Waals surface area contributed by atoms with Gasteiger partial charge in [-0.25, -0.2) is 4.79 Å². The lowest BCUT2D eigenvalue weighted by Gasteiger charge is -2.11. The van der Waals surface area contributed by atoms with Gasteiger partial charge in [-0.05, 0) is 23.8 Å². The Morgan fingerprint density at radius 2 is 2.00 bits per heavy atom. The Hall–Kier alpha value is -2.23. The van der Waals surface area contributed by atoms with Gasteiger partial charge in [0.15, 0.2) is 6.04 Å². The lowest BCUT2D eigenvalue weighted by molar-refractivity contribution is -0.140. The molecule has 1 unspecified atom stereocenters. The Balaban J connectivity index is 2.11. The number of rotatable bonds is 5. The van der Waals surface area contributed by atoms with Crippen molar-refractivity contribution in [2.24, 2.45) is 0 Å². The zero-order valence-electron chi connectivity index (χ0n) is 12.6. The molecular weight excluding hydrogens is 352 g/mol. The fraction of sp³-hybridized carbons (Fsp3) is 0.200. The number of carboxylic acids is 1. The van der Waals surface area contributed by atoms with Gasteiger partial charge in [-0.15, -0.1) is 0 Å². The quantitative estimate of drug-likeness (QED) is 0.520. The molecule has 0 spiro atoms. The molecule has 126 valence electrons. The summed E-state index contributed by atoms with van der Waals surface area (Å²) in [4.78, 5) is 36.5. The fourth-order valence-electron chi connectivity index (χ4n) is 1.85. The first-order valence-corrected chi connectivity index (χ1v) is 8.02. The molecule has 1 aliphatic rings. The van der Waals surface area contributed by atoms with Gasteiger partial charge in [0.2, 0.25) is 0 Å². The highest BCUT2D eigenvalue weighted by atomic mass is 32.2. The zero-order chi connectivity index (χ0) is 17.9. The van der Waals surface area contributed by atoms with Gasteiger partial charge < -0.3 is 15.5 Å². The number of benzene rings is 1. The summed E-state index contributed by atoms with van der Waals surface area (Å²) in [6, 6.07) is 4.91. The summed E-state index contributed by atoms with van der Waals surface area (Å²) < 4.78 is 0.478. The lowest BCUT2D eigenvalue weighted by Crippen LogP contribution is -2.43. The maximum Gasteiger partial charge on any atom is 0.328 e. The van der Waals surface area contributed by atoms with Gasteiger partial charge in [0.25, 0.3) is 11.8 Å². The van der Waals surface area contributed by atoms with E-state index in [0.29, 0.717) is 14.8 Å². The second kappa shape index (κ2) is 7.56. The number of thiocarbonyl (C=S) groups is 1. The minimum atomic E-state index is -1.36. The molecule has 0 aliphatic carbocycles. The van der Waals surface area contributed by atoms with Crippen LogP contribution in [-0.2, 0) is 9.59 Å². The van der Waals surface area contributed by atoms with Gasteiger partial charge in [-0.2, -0.15) is 0 Å². The van der Waals surface area contributed by atoms with Gasteiger partial charge in [0.05, 0.1) is 11.5 Å².